The lowest BCUT2D eigenvalue weighted by molar-refractivity contribution is 0.00332. The molecule has 3 rings (SSSR count). The number of hydrogen-bond acceptors (Lipinski definition) is 6. The molecule has 2 aromatic rings. The fourth-order valence-corrected chi connectivity index (χ4v) is 3.08. The van der Waals surface area contributed by atoms with Gasteiger partial charge < -0.3 is 19.8 Å². The molecule has 1 atom stereocenters. The quantitative estimate of drug-likeness (QED) is 0.892. The van der Waals surface area contributed by atoms with Crippen LogP contribution in [0.25, 0.3) is 11.3 Å². The Balaban J connectivity index is 1.88. The number of phenols is 1. The van der Waals surface area contributed by atoms with Crippen LogP contribution in [0.4, 0.5) is 5.82 Å². The van der Waals surface area contributed by atoms with Crippen LogP contribution >= 0.6 is 0 Å². The standard InChI is InChI=1S/C18H23N3O3/c1-3-13-8-12(2)9-16(23)18(13)15-4-5-17(20-19-15)21-6-7-24-14(10-21)11-22/h4-5,8-9,14,22-23H,3,6-7,10-11H2,1-2H3/t14-/m0/s1. The Morgan fingerprint density at radius 1 is 1.29 bits per heavy atom. The van der Waals surface area contributed by atoms with Crippen molar-refractivity contribution in [2.24, 2.45) is 0 Å². The van der Waals surface area contributed by atoms with E-state index in [-0.39, 0.29) is 18.5 Å². The van der Waals surface area contributed by atoms with Gasteiger partial charge in [-0.15, -0.1) is 10.2 Å². The van der Waals surface area contributed by atoms with Gasteiger partial charge in [-0.3, -0.25) is 0 Å². The van der Waals surface area contributed by atoms with Gasteiger partial charge in [0.15, 0.2) is 5.82 Å². The molecule has 6 nitrogen and oxygen atoms in total. The first-order valence-corrected chi connectivity index (χ1v) is 8.26. The first kappa shape index (κ1) is 16.7. The van der Waals surface area contributed by atoms with E-state index in [2.05, 4.69) is 28.1 Å². The highest BCUT2D eigenvalue weighted by Gasteiger charge is 2.21. The van der Waals surface area contributed by atoms with Gasteiger partial charge in [0.05, 0.1) is 25.0 Å². The molecule has 1 fully saturated rings. The molecule has 1 aromatic carbocycles. The molecule has 0 aliphatic carbocycles. The number of aliphatic hydroxyl groups is 1. The lowest BCUT2D eigenvalue weighted by atomic mass is 9.98. The number of ether oxygens (including phenoxy) is 1. The third-order valence-electron chi connectivity index (χ3n) is 4.30. The monoisotopic (exact) mass is 329 g/mol. The zero-order valence-corrected chi connectivity index (χ0v) is 14.1. The number of aromatic hydroxyl groups is 1. The molecule has 128 valence electrons. The summed E-state index contributed by atoms with van der Waals surface area (Å²) >= 11 is 0. The number of aromatic nitrogens is 2. The van der Waals surface area contributed by atoms with E-state index in [0.717, 1.165) is 35.5 Å². The molecule has 1 saturated heterocycles. The van der Waals surface area contributed by atoms with E-state index >= 15 is 0 Å². The van der Waals surface area contributed by atoms with E-state index in [1.54, 1.807) is 6.07 Å². The summed E-state index contributed by atoms with van der Waals surface area (Å²) < 4.78 is 5.46. The number of nitrogens with zero attached hydrogens (tertiary/aromatic N) is 3. The van der Waals surface area contributed by atoms with Gasteiger partial charge in [0.2, 0.25) is 0 Å². The Kier molecular flexibility index (Phi) is 4.97. The maximum Gasteiger partial charge on any atom is 0.151 e. The van der Waals surface area contributed by atoms with E-state index < -0.39 is 0 Å². The Bertz CT molecular complexity index is 703. The van der Waals surface area contributed by atoms with Crippen LogP contribution in [0, 0.1) is 6.92 Å². The zero-order chi connectivity index (χ0) is 17.1. The lowest BCUT2D eigenvalue weighted by Gasteiger charge is -2.32. The van der Waals surface area contributed by atoms with Crippen molar-refractivity contribution in [1.82, 2.24) is 10.2 Å². The molecule has 0 unspecified atom stereocenters. The molecule has 2 N–H and O–H groups in total. The molecule has 0 spiro atoms. The predicted octanol–water partition coefficient (Wildman–Crippen LogP) is 1.92. The maximum absolute atomic E-state index is 10.3. The van der Waals surface area contributed by atoms with Crippen LogP contribution < -0.4 is 4.90 Å². The van der Waals surface area contributed by atoms with Gasteiger partial charge in [-0.2, -0.15) is 0 Å². The van der Waals surface area contributed by atoms with Gasteiger partial charge in [0.1, 0.15) is 5.75 Å². The van der Waals surface area contributed by atoms with Crippen LogP contribution in [0.1, 0.15) is 18.1 Å². The second-order valence-electron chi connectivity index (χ2n) is 6.07. The Morgan fingerprint density at radius 3 is 2.79 bits per heavy atom. The minimum Gasteiger partial charge on any atom is -0.507 e. The van der Waals surface area contributed by atoms with Crippen molar-refractivity contribution in [3.63, 3.8) is 0 Å². The summed E-state index contributed by atoms with van der Waals surface area (Å²) in [7, 11) is 0. The third kappa shape index (κ3) is 3.34. The van der Waals surface area contributed by atoms with E-state index in [4.69, 9.17) is 4.74 Å². The van der Waals surface area contributed by atoms with E-state index in [1.165, 1.54) is 0 Å². The number of phenolic OH excluding ortho intramolecular Hbond substituents is 1. The summed E-state index contributed by atoms with van der Waals surface area (Å²) in [6.45, 7) is 5.91. The number of anilines is 1. The van der Waals surface area contributed by atoms with Crippen molar-refractivity contribution in [3.05, 3.63) is 35.4 Å². The summed E-state index contributed by atoms with van der Waals surface area (Å²) in [6, 6.07) is 7.60. The topological polar surface area (TPSA) is 78.7 Å². The maximum atomic E-state index is 10.3. The zero-order valence-electron chi connectivity index (χ0n) is 14.1. The summed E-state index contributed by atoms with van der Waals surface area (Å²) in [5.74, 6) is 0.991. The SMILES string of the molecule is CCc1cc(C)cc(O)c1-c1ccc(N2CCO[C@H](CO)C2)nn1. The summed E-state index contributed by atoms with van der Waals surface area (Å²) in [4.78, 5) is 2.05. The van der Waals surface area contributed by atoms with Crippen molar-refractivity contribution in [1.29, 1.82) is 0 Å². The van der Waals surface area contributed by atoms with Gasteiger partial charge in [-0.25, -0.2) is 0 Å². The fraction of sp³-hybridized carbons (Fsp3) is 0.444. The van der Waals surface area contributed by atoms with Crippen LogP contribution in [0.3, 0.4) is 0 Å². The second kappa shape index (κ2) is 7.15. The molecule has 1 aliphatic rings. The van der Waals surface area contributed by atoms with Crippen molar-refractivity contribution in [2.75, 3.05) is 31.2 Å². The normalized spacial score (nSPS) is 18.0. The molecule has 6 heteroatoms. The van der Waals surface area contributed by atoms with E-state index in [0.29, 0.717) is 18.8 Å². The van der Waals surface area contributed by atoms with Crippen molar-refractivity contribution < 1.29 is 14.9 Å². The van der Waals surface area contributed by atoms with Gasteiger partial charge >= 0.3 is 0 Å². The molecule has 0 amide bonds. The molecule has 0 saturated carbocycles. The summed E-state index contributed by atoms with van der Waals surface area (Å²) in [6.07, 6.45) is 0.628. The average molecular weight is 329 g/mol. The molecule has 24 heavy (non-hydrogen) atoms. The first-order valence-electron chi connectivity index (χ1n) is 8.26. The largest absolute Gasteiger partial charge is 0.507 e. The van der Waals surface area contributed by atoms with Crippen molar-refractivity contribution >= 4 is 5.82 Å². The molecule has 0 radical (unpaired) electrons. The highest BCUT2D eigenvalue weighted by Crippen LogP contribution is 2.33. The smallest absolute Gasteiger partial charge is 0.151 e. The van der Waals surface area contributed by atoms with Gasteiger partial charge in [-0.1, -0.05) is 13.0 Å². The van der Waals surface area contributed by atoms with Crippen molar-refractivity contribution in [3.8, 4) is 17.0 Å². The van der Waals surface area contributed by atoms with Gasteiger partial charge in [-0.05, 0) is 42.7 Å². The van der Waals surface area contributed by atoms with E-state index in [1.807, 2.05) is 19.1 Å². The fourth-order valence-electron chi connectivity index (χ4n) is 3.08. The van der Waals surface area contributed by atoms with Gasteiger partial charge in [0.25, 0.3) is 0 Å². The molecule has 0 bridgehead atoms. The number of aliphatic hydroxyl groups excluding tert-OH is 1. The highest BCUT2D eigenvalue weighted by atomic mass is 16.5. The molecule has 2 heterocycles. The van der Waals surface area contributed by atoms with E-state index in [9.17, 15) is 10.2 Å². The first-order chi connectivity index (χ1) is 11.6. The van der Waals surface area contributed by atoms with Crippen molar-refractivity contribution in [2.45, 2.75) is 26.4 Å². The molecule has 1 aromatic heterocycles. The minimum atomic E-state index is -0.187. The highest BCUT2D eigenvalue weighted by molar-refractivity contribution is 5.71. The molecular formula is C18H23N3O3. The number of morpholine rings is 1. The average Bonchev–Trinajstić information content (AvgIpc) is 2.61. The van der Waals surface area contributed by atoms with Crippen LogP contribution in [-0.2, 0) is 11.2 Å². The number of benzene rings is 1. The number of aryl methyl sites for hydroxylation is 2. The Labute approximate surface area is 141 Å². The summed E-state index contributed by atoms with van der Waals surface area (Å²) in [5.41, 5.74) is 3.50. The van der Waals surface area contributed by atoms with Crippen LogP contribution in [-0.4, -0.2) is 52.8 Å². The summed E-state index contributed by atoms with van der Waals surface area (Å²) in [5, 5.41) is 28.2. The van der Waals surface area contributed by atoms with Crippen LogP contribution in [0.15, 0.2) is 24.3 Å². The second-order valence-corrected chi connectivity index (χ2v) is 6.07. The van der Waals surface area contributed by atoms with Crippen LogP contribution in [0.5, 0.6) is 5.75 Å². The Morgan fingerprint density at radius 2 is 2.12 bits per heavy atom. The number of rotatable bonds is 4. The number of hydrogen-bond donors (Lipinski definition) is 2. The molecule has 1 aliphatic heterocycles. The molecular weight excluding hydrogens is 306 g/mol. The lowest BCUT2D eigenvalue weighted by Crippen LogP contribution is -2.44. The Hall–Kier alpha value is -2.18. The minimum absolute atomic E-state index is 0.000882. The predicted molar refractivity (Wildman–Crippen MR) is 92.3 cm³/mol. The van der Waals surface area contributed by atoms with Gasteiger partial charge in [0, 0.05) is 18.7 Å². The van der Waals surface area contributed by atoms with Crippen LogP contribution in [0.2, 0.25) is 0 Å². The third-order valence-corrected chi connectivity index (χ3v) is 4.30.